The highest BCUT2D eigenvalue weighted by atomic mass is 19.4. The number of alkyl halides is 3. The molecule has 0 fully saturated rings. The normalized spacial score (nSPS) is 13.0. The van der Waals surface area contributed by atoms with Gasteiger partial charge in [0, 0.05) is 29.6 Å². The first-order valence-corrected chi connectivity index (χ1v) is 13.9. The number of rotatable bonds is 12. The van der Waals surface area contributed by atoms with Crippen molar-refractivity contribution in [2.75, 3.05) is 11.9 Å². The van der Waals surface area contributed by atoms with Crippen LogP contribution in [0.2, 0.25) is 0 Å². The average Bonchev–Trinajstić information content (AvgIpc) is 2.96. The van der Waals surface area contributed by atoms with Gasteiger partial charge in [0.2, 0.25) is 17.7 Å². The van der Waals surface area contributed by atoms with E-state index in [4.69, 9.17) is 25.8 Å². The van der Waals surface area contributed by atoms with Crippen LogP contribution < -0.4 is 33.0 Å². The van der Waals surface area contributed by atoms with E-state index in [2.05, 4.69) is 16.0 Å². The number of carbonyl (C=O) groups is 4. The Labute approximate surface area is 256 Å². The van der Waals surface area contributed by atoms with Crippen LogP contribution in [0.4, 0.5) is 18.9 Å². The Morgan fingerprint density at radius 3 is 2.13 bits per heavy atom. The molecule has 1 heterocycles. The van der Waals surface area contributed by atoms with E-state index < -0.39 is 53.6 Å². The second-order valence-electron chi connectivity index (χ2n) is 10.1. The van der Waals surface area contributed by atoms with Crippen LogP contribution in [-0.2, 0) is 25.6 Å². The Kier molecular flexibility index (Phi) is 13.7. The quantitative estimate of drug-likeness (QED) is 0.127. The number of aliphatic carboxylic acids is 1. The number of carbonyl (C=O) groups excluding carboxylic acids is 3. The lowest BCUT2D eigenvalue weighted by atomic mass is 10.0. The number of carboxylic acids is 1. The second kappa shape index (κ2) is 16.9. The summed E-state index contributed by atoms with van der Waals surface area (Å²) in [5.74, 6) is -4.18. The summed E-state index contributed by atoms with van der Waals surface area (Å²) in [6.07, 6.45) is -3.23. The van der Waals surface area contributed by atoms with Crippen molar-refractivity contribution in [2.45, 2.75) is 63.8 Å². The number of fused-ring (bicyclic) bond motifs is 1. The van der Waals surface area contributed by atoms with E-state index in [1.54, 1.807) is 25.1 Å². The SMILES string of the molecule is Cc1cc(=O)oc2cc(NC(=O)[C@H](CCCCN)NC(=O)[C@H](Cc3ccccc3)NC(=O)[C@H](C)N)ccc12.O=C(O)C(F)(F)F. The van der Waals surface area contributed by atoms with Crippen LogP contribution in [-0.4, -0.2) is 59.6 Å². The Morgan fingerprint density at radius 1 is 0.933 bits per heavy atom. The summed E-state index contributed by atoms with van der Waals surface area (Å²) in [5.41, 5.74) is 13.2. The van der Waals surface area contributed by atoms with Crippen molar-refractivity contribution in [3.05, 3.63) is 76.1 Å². The van der Waals surface area contributed by atoms with Crippen molar-refractivity contribution in [2.24, 2.45) is 11.5 Å². The zero-order valence-electron chi connectivity index (χ0n) is 24.6. The zero-order valence-corrected chi connectivity index (χ0v) is 24.6. The lowest BCUT2D eigenvalue weighted by molar-refractivity contribution is -0.192. The monoisotopic (exact) mass is 635 g/mol. The molecule has 45 heavy (non-hydrogen) atoms. The second-order valence-corrected chi connectivity index (χ2v) is 10.1. The molecule has 3 amide bonds. The Balaban J connectivity index is 0.000000900. The molecule has 244 valence electrons. The molecule has 2 aromatic carbocycles. The molecule has 0 aliphatic heterocycles. The topological polar surface area (TPSA) is 207 Å². The third-order valence-electron chi connectivity index (χ3n) is 6.37. The van der Waals surface area contributed by atoms with Gasteiger partial charge >= 0.3 is 17.8 Å². The van der Waals surface area contributed by atoms with Crippen molar-refractivity contribution in [3.63, 3.8) is 0 Å². The summed E-state index contributed by atoms with van der Waals surface area (Å²) < 4.78 is 37.0. The highest BCUT2D eigenvalue weighted by molar-refractivity contribution is 5.99. The van der Waals surface area contributed by atoms with Gasteiger partial charge in [-0.1, -0.05) is 30.3 Å². The first-order valence-electron chi connectivity index (χ1n) is 13.9. The fraction of sp³-hybridized carbons (Fsp3) is 0.367. The maximum absolute atomic E-state index is 13.3. The Morgan fingerprint density at radius 2 is 1.56 bits per heavy atom. The van der Waals surface area contributed by atoms with Gasteiger partial charge in [-0.15, -0.1) is 0 Å². The summed E-state index contributed by atoms with van der Waals surface area (Å²) in [6, 6.07) is 13.0. The van der Waals surface area contributed by atoms with Gasteiger partial charge < -0.3 is 36.9 Å². The fourth-order valence-corrected chi connectivity index (χ4v) is 4.03. The molecule has 0 bridgehead atoms. The van der Waals surface area contributed by atoms with Crippen LogP contribution in [0.15, 0.2) is 63.8 Å². The largest absolute Gasteiger partial charge is 0.490 e. The Hall–Kier alpha value is -4.76. The van der Waals surface area contributed by atoms with Gasteiger partial charge in [-0.25, -0.2) is 9.59 Å². The minimum atomic E-state index is -5.08. The van der Waals surface area contributed by atoms with E-state index in [-0.39, 0.29) is 6.42 Å². The molecule has 0 spiro atoms. The highest BCUT2D eigenvalue weighted by Crippen LogP contribution is 2.21. The summed E-state index contributed by atoms with van der Waals surface area (Å²) in [4.78, 5) is 59.6. The minimum absolute atomic E-state index is 0.228. The van der Waals surface area contributed by atoms with Gasteiger partial charge in [0.1, 0.15) is 17.7 Å². The standard InChI is InChI=1S/C28H35N5O5.C2HF3O2/c1-17-14-25(34)38-24-16-20(11-12-21(17)24)31-27(36)22(10-6-7-13-29)32-28(37)23(33-26(35)18(2)30)15-19-8-4-3-5-9-19;3-2(4,5)1(6)7/h3-5,8-9,11-12,14,16,18,22-23H,6-7,10,13,15,29-30H2,1-2H3,(H,31,36)(H,32,37)(H,33,35);(H,6,7)/t18-,22-,23-;/m0./s1. The molecule has 0 unspecified atom stereocenters. The van der Waals surface area contributed by atoms with E-state index in [1.165, 1.54) is 13.0 Å². The average molecular weight is 636 g/mol. The number of halogens is 3. The number of hydrogen-bond acceptors (Lipinski definition) is 8. The van der Waals surface area contributed by atoms with Gasteiger partial charge in [-0.2, -0.15) is 13.2 Å². The van der Waals surface area contributed by atoms with Gasteiger partial charge in [0.25, 0.3) is 0 Å². The number of hydrogen-bond donors (Lipinski definition) is 6. The summed E-state index contributed by atoms with van der Waals surface area (Å²) in [5, 5.41) is 16.2. The molecule has 0 saturated carbocycles. The number of anilines is 1. The van der Waals surface area contributed by atoms with E-state index in [0.717, 1.165) is 16.5 Å². The summed E-state index contributed by atoms with van der Waals surface area (Å²) >= 11 is 0. The van der Waals surface area contributed by atoms with Gasteiger partial charge in [-0.3, -0.25) is 14.4 Å². The molecular formula is C30H36F3N5O7. The smallest absolute Gasteiger partial charge is 0.475 e. The number of aryl methyl sites for hydroxylation is 1. The highest BCUT2D eigenvalue weighted by Gasteiger charge is 2.38. The first kappa shape index (κ1) is 36.4. The minimum Gasteiger partial charge on any atom is -0.475 e. The predicted molar refractivity (Wildman–Crippen MR) is 160 cm³/mol. The molecule has 0 saturated heterocycles. The van der Waals surface area contributed by atoms with E-state index >= 15 is 0 Å². The van der Waals surface area contributed by atoms with Crippen LogP contribution in [0.5, 0.6) is 0 Å². The first-order chi connectivity index (χ1) is 21.1. The van der Waals surface area contributed by atoms with Crippen LogP contribution in [0.3, 0.4) is 0 Å². The summed E-state index contributed by atoms with van der Waals surface area (Å²) in [7, 11) is 0. The molecule has 15 heteroatoms. The van der Waals surface area contributed by atoms with E-state index in [9.17, 15) is 32.3 Å². The number of nitrogens with one attached hydrogen (secondary N) is 3. The third kappa shape index (κ3) is 12.0. The number of benzene rings is 2. The Bertz CT molecular complexity index is 1530. The number of nitrogens with two attached hydrogens (primary N) is 2. The molecular weight excluding hydrogens is 599 g/mol. The maximum atomic E-state index is 13.3. The van der Waals surface area contributed by atoms with Crippen LogP contribution in [0.25, 0.3) is 11.0 Å². The van der Waals surface area contributed by atoms with Crippen LogP contribution >= 0.6 is 0 Å². The van der Waals surface area contributed by atoms with Gasteiger partial charge in [-0.05, 0) is 62.9 Å². The lowest BCUT2D eigenvalue weighted by Crippen LogP contribution is -2.55. The maximum Gasteiger partial charge on any atom is 0.490 e. The molecule has 3 atom stereocenters. The van der Waals surface area contributed by atoms with Gasteiger partial charge in [0.15, 0.2) is 0 Å². The summed E-state index contributed by atoms with van der Waals surface area (Å²) in [6.45, 7) is 3.78. The third-order valence-corrected chi connectivity index (χ3v) is 6.37. The fourth-order valence-electron chi connectivity index (χ4n) is 4.03. The van der Waals surface area contributed by atoms with Crippen LogP contribution in [0, 0.1) is 6.92 Å². The number of carboxylic acid groups (broad SMARTS) is 1. The van der Waals surface area contributed by atoms with Crippen molar-refractivity contribution in [3.8, 4) is 0 Å². The van der Waals surface area contributed by atoms with E-state index in [0.29, 0.717) is 37.1 Å². The predicted octanol–water partition coefficient (Wildman–Crippen LogP) is 2.36. The molecule has 0 aliphatic carbocycles. The van der Waals surface area contributed by atoms with Crippen LogP contribution in [0.1, 0.15) is 37.3 Å². The molecule has 0 radical (unpaired) electrons. The molecule has 3 aromatic rings. The molecule has 8 N–H and O–H groups in total. The number of amides is 3. The molecule has 3 rings (SSSR count). The van der Waals surface area contributed by atoms with E-state index in [1.807, 2.05) is 30.3 Å². The zero-order chi connectivity index (χ0) is 33.7. The van der Waals surface area contributed by atoms with Crippen molar-refractivity contribution >= 4 is 40.3 Å². The van der Waals surface area contributed by atoms with Crippen molar-refractivity contribution < 1.29 is 41.9 Å². The molecule has 12 nitrogen and oxygen atoms in total. The lowest BCUT2D eigenvalue weighted by Gasteiger charge is -2.24. The number of unbranched alkanes of at least 4 members (excludes halogenated alkanes) is 1. The van der Waals surface area contributed by atoms with Crippen molar-refractivity contribution in [1.29, 1.82) is 0 Å². The van der Waals surface area contributed by atoms with Gasteiger partial charge in [0.05, 0.1) is 6.04 Å². The molecule has 0 aliphatic rings. The molecule has 1 aromatic heterocycles. The van der Waals surface area contributed by atoms with Crippen molar-refractivity contribution in [1.82, 2.24) is 10.6 Å².